The Morgan fingerprint density at radius 1 is 1.75 bits per heavy atom. The van der Waals surface area contributed by atoms with Crippen LogP contribution in [0.5, 0.6) is 0 Å². The van der Waals surface area contributed by atoms with Gasteiger partial charge in [-0.25, -0.2) is 0 Å². The van der Waals surface area contributed by atoms with E-state index in [0.29, 0.717) is 0 Å². The SMILES string of the molecule is [2H]C([2H])=C([2H])c1cc([2H])c([2H])c([2H])c1[2H]. The Labute approximate surface area is 59.3 Å². The molecule has 8 heavy (non-hydrogen) atoms. The molecule has 1 aromatic carbocycles. The molecule has 0 aliphatic carbocycles. The van der Waals surface area contributed by atoms with Gasteiger partial charge in [0.2, 0.25) is 0 Å². The summed E-state index contributed by atoms with van der Waals surface area (Å²) in [5, 5.41) is 0. The van der Waals surface area contributed by atoms with Crippen molar-refractivity contribution in [3.8, 4) is 0 Å². The third-order valence-electron chi connectivity index (χ3n) is 0.683. The van der Waals surface area contributed by atoms with Gasteiger partial charge in [-0.3, -0.25) is 0 Å². The highest BCUT2D eigenvalue weighted by atomic mass is 13.8. The van der Waals surface area contributed by atoms with Crippen molar-refractivity contribution < 1.29 is 9.60 Å². The van der Waals surface area contributed by atoms with Crippen LogP contribution in [0, 0.1) is 0 Å². The Morgan fingerprint density at radius 2 is 2.75 bits per heavy atom. The molecule has 0 amide bonds. The van der Waals surface area contributed by atoms with E-state index in [1.807, 2.05) is 0 Å². The second-order valence-corrected chi connectivity index (χ2v) is 1.20. The Hall–Kier alpha value is -1.04. The molecule has 0 atom stereocenters. The average molecular weight is 111 g/mol. The maximum absolute atomic E-state index is 7.44. The van der Waals surface area contributed by atoms with Gasteiger partial charge in [0.15, 0.2) is 0 Å². The third-order valence-corrected chi connectivity index (χ3v) is 0.683. The minimum Gasteiger partial charge on any atom is -0.0985 e. The molecule has 0 aliphatic heterocycles. The van der Waals surface area contributed by atoms with Gasteiger partial charge in [-0.05, 0) is 5.56 Å². The molecule has 1 aromatic rings. The van der Waals surface area contributed by atoms with Crippen LogP contribution in [0.1, 0.15) is 15.2 Å². The fraction of sp³-hybridized carbons (Fsp3) is 0. The number of hydrogen-bond acceptors (Lipinski definition) is 0. The summed E-state index contributed by atoms with van der Waals surface area (Å²) in [6.45, 7) is -0.778. The summed E-state index contributed by atoms with van der Waals surface area (Å²) in [7, 11) is 0. The molecule has 0 bridgehead atoms. The maximum Gasteiger partial charge on any atom is 0.0629 e. The van der Waals surface area contributed by atoms with E-state index in [1.54, 1.807) is 0 Å². The summed E-state index contributed by atoms with van der Waals surface area (Å²) in [6, 6.07) is -0.956. The summed E-state index contributed by atoms with van der Waals surface area (Å²) in [6.07, 6.45) is 0. The molecule has 0 aliphatic rings. The first-order valence-electron chi connectivity index (χ1n) is 5.58. The van der Waals surface area contributed by atoms with E-state index in [-0.39, 0.29) is 17.6 Å². The zero-order valence-corrected chi connectivity index (χ0v) is 4.08. The molecule has 0 radical (unpaired) electrons. The molecule has 0 spiro atoms. The zero-order valence-electron chi connectivity index (χ0n) is 11.1. The average Bonchev–Trinajstić information content (AvgIpc) is 2.19. The predicted molar refractivity (Wildman–Crippen MR) is 36.5 cm³/mol. The van der Waals surface area contributed by atoms with Crippen molar-refractivity contribution in [1.82, 2.24) is 0 Å². The van der Waals surface area contributed by atoms with Crippen molar-refractivity contribution in [3.05, 3.63) is 42.3 Å². The molecule has 0 saturated carbocycles. The van der Waals surface area contributed by atoms with E-state index in [1.165, 1.54) is 0 Å². The first kappa shape index (κ1) is 1.27. The molecule has 0 fully saturated rings. The smallest absolute Gasteiger partial charge is 0.0629 e. The highest BCUT2D eigenvalue weighted by molar-refractivity contribution is 5.45. The van der Waals surface area contributed by atoms with Gasteiger partial charge < -0.3 is 0 Å². The summed E-state index contributed by atoms with van der Waals surface area (Å²) in [4.78, 5) is 0. The lowest BCUT2D eigenvalue weighted by Crippen LogP contribution is -1.63. The van der Waals surface area contributed by atoms with Gasteiger partial charge in [-0.2, -0.15) is 0 Å². The zero-order chi connectivity index (χ0) is 11.7. The molecular formula is C8H8. The molecule has 40 valence electrons. The minimum atomic E-state index is -0.778. The summed E-state index contributed by atoms with van der Waals surface area (Å²) in [5.41, 5.74) is -0.124. The topological polar surface area (TPSA) is 0 Å². The second kappa shape index (κ2) is 2.31. The molecule has 0 aromatic heterocycles. The lowest BCUT2D eigenvalue weighted by molar-refractivity contribution is 1.67. The van der Waals surface area contributed by atoms with E-state index in [0.717, 1.165) is 6.07 Å². The lowest BCUT2D eigenvalue weighted by Gasteiger charge is -1.85. The predicted octanol–water partition coefficient (Wildman–Crippen LogP) is 2.33. The molecule has 0 heteroatoms. The van der Waals surface area contributed by atoms with Crippen LogP contribution in [-0.2, 0) is 0 Å². The fourth-order valence-corrected chi connectivity index (χ4v) is 0.346. The van der Waals surface area contributed by atoms with Crippen LogP contribution in [0.4, 0.5) is 0 Å². The van der Waals surface area contributed by atoms with Gasteiger partial charge in [-0.1, -0.05) is 42.8 Å². The number of benzene rings is 1. The normalized spacial score (nSPS) is 20.2. The van der Waals surface area contributed by atoms with Crippen molar-refractivity contribution in [1.29, 1.82) is 0 Å². The van der Waals surface area contributed by atoms with Crippen LogP contribution < -0.4 is 0 Å². The molecule has 0 unspecified atom stereocenters. The molecule has 0 saturated heterocycles. The Kier molecular flexibility index (Phi) is 0.367. The van der Waals surface area contributed by atoms with E-state index in [9.17, 15) is 0 Å². The summed E-state index contributed by atoms with van der Waals surface area (Å²) in [5.74, 6) is 0. The van der Waals surface area contributed by atoms with Crippen molar-refractivity contribution in [2.24, 2.45) is 0 Å². The highest BCUT2D eigenvalue weighted by Gasteiger charge is 1.75. The van der Waals surface area contributed by atoms with E-state index in [2.05, 4.69) is 0 Å². The first-order chi connectivity index (χ1) is 6.86. The molecular weight excluding hydrogens is 96.1 g/mol. The maximum atomic E-state index is 7.44. The van der Waals surface area contributed by atoms with Crippen LogP contribution in [0.15, 0.2) is 36.8 Å². The number of hydrogen-bond donors (Lipinski definition) is 0. The van der Waals surface area contributed by atoms with Gasteiger partial charge in [-0.15, -0.1) is 0 Å². The monoisotopic (exact) mass is 111 g/mol. The van der Waals surface area contributed by atoms with Crippen LogP contribution in [0.3, 0.4) is 0 Å². The van der Waals surface area contributed by atoms with Crippen molar-refractivity contribution in [3.63, 3.8) is 0 Å². The van der Waals surface area contributed by atoms with Crippen molar-refractivity contribution in [2.45, 2.75) is 0 Å². The molecule has 0 nitrogen and oxygen atoms in total. The Bertz CT molecular complexity index is 431. The highest BCUT2D eigenvalue weighted by Crippen LogP contribution is 1.97. The second-order valence-electron chi connectivity index (χ2n) is 1.20. The van der Waals surface area contributed by atoms with Crippen molar-refractivity contribution >= 4 is 6.05 Å². The van der Waals surface area contributed by atoms with E-state index < -0.39 is 24.7 Å². The first-order valence-corrected chi connectivity index (χ1v) is 2.08. The van der Waals surface area contributed by atoms with Gasteiger partial charge in [0.05, 0.1) is 9.60 Å². The third kappa shape index (κ3) is 0.969. The molecule has 0 heterocycles. The van der Waals surface area contributed by atoms with Crippen molar-refractivity contribution in [2.75, 3.05) is 0 Å². The van der Waals surface area contributed by atoms with Gasteiger partial charge in [0.1, 0.15) is 0 Å². The summed E-state index contributed by atoms with van der Waals surface area (Å²) < 4.78 is 50.5. The standard InChI is InChI=1S/C8H8/c1-2-8-6-4-3-5-7-8/h2-7H,1H2/i1D2,2D,3D,4D,5D,6D. The Balaban J connectivity index is 3.53. The Morgan fingerprint density at radius 3 is 3.62 bits per heavy atom. The van der Waals surface area contributed by atoms with E-state index in [4.69, 9.17) is 9.60 Å². The van der Waals surface area contributed by atoms with Gasteiger partial charge in [0, 0.05) is 0 Å². The summed E-state index contributed by atoms with van der Waals surface area (Å²) >= 11 is 0. The molecule has 0 N–H and O–H groups in total. The van der Waals surface area contributed by atoms with E-state index >= 15 is 0 Å². The van der Waals surface area contributed by atoms with Crippen LogP contribution in [0.25, 0.3) is 6.05 Å². The van der Waals surface area contributed by atoms with Crippen LogP contribution in [0.2, 0.25) is 0 Å². The van der Waals surface area contributed by atoms with Gasteiger partial charge >= 0.3 is 0 Å². The lowest BCUT2D eigenvalue weighted by atomic mass is 10.2. The fourth-order valence-electron chi connectivity index (χ4n) is 0.346. The largest absolute Gasteiger partial charge is 0.0985 e. The van der Waals surface area contributed by atoms with Gasteiger partial charge in [0.25, 0.3) is 0 Å². The van der Waals surface area contributed by atoms with Crippen LogP contribution in [-0.4, -0.2) is 0 Å². The minimum absolute atomic E-state index is 0.124. The van der Waals surface area contributed by atoms with Crippen LogP contribution >= 0.6 is 0 Å². The molecule has 1 rings (SSSR count). The quantitative estimate of drug-likeness (QED) is 0.521. The number of rotatable bonds is 1.